The van der Waals surface area contributed by atoms with E-state index in [9.17, 15) is 4.79 Å². The van der Waals surface area contributed by atoms with Crippen LogP contribution in [0.5, 0.6) is 0 Å². The van der Waals surface area contributed by atoms with Crippen molar-refractivity contribution in [3.63, 3.8) is 0 Å². The van der Waals surface area contributed by atoms with E-state index < -0.39 is 0 Å². The van der Waals surface area contributed by atoms with Gasteiger partial charge in [-0.3, -0.25) is 4.79 Å². The molecule has 0 N–H and O–H groups in total. The number of methoxy groups -OCH3 is 1. The molecule has 2 saturated heterocycles. The highest BCUT2D eigenvalue weighted by molar-refractivity contribution is 5.71. The maximum Gasteiger partial charge on any atom is 0.308 e. The van der Waals surface area contributed by atoms with E-state index in [0.29, 0.717) is 6.42 Å². The average Bonchev–Trinajstić information content (AvgIpc) is 2.43. The summed E-state index contributed by atoms with van der Waals surface area (Å²) in [5.74, 6) is 0.0574. The first-order chi connectivity index (χ1) is 5.29. The van der Waals surface area contributed by atoms with Crippen LogP contribution < -0.4 is 0 Å². The molecular weight excluding hydrogens is 148 g/mol. The van der Waals surface area contributed by atoms with Crippen molar-refractivity contribution in [3.05, 3.63) is 0 Å². The maximum atomic E-state index is 10.7. The lowest BCUT2D eigenvalue weighted by Gasteiger charge is -2.09. The van der Waals surface area contributed by atoms with E-state index in [4.69, 9.17) is 14.2 Å². The van der Waals surface area contributed by atoms with Crippen LogP contribution in [0.3, 0.4) is 0 Å². The number of ether oxygens (including phenoxy) is 3. The first-order valence-electron chi connectivity index (χ1n) is 3.67. The number of carbonyl (C=O) groups is 1. The van der Waals surface area contributed by atoms with Crippen molar-refractivity contribution < 1.29 is 19.0 Å². The van der Waals surface area contributed by atoms with Crippen molar-refractivity contribution in [2.24, 2.45) is 5.92 Å². The van der Waals surface area contributed by atoms with Crippen molar-refractivity contribution in [1.29, 1.82) is 0 Å². The fourth-order valence-electron chi connectivity index (χ4n) is 1.52. The number of hydrogen-bond donors (Lipinski definition) is 0. The fraction of sp³-hybridized carbons (Fsp3) is 0.857. The summed E-state index contributed by atoms with van der Waals surface area (Å²) < 4.78 is 15.1. The Morgan fingerprint density at radius 2 is 2.45 bits per heavy atom. The van der Waals surface area contributed by atoms with Gasteiger partial charge >= 0.3 is 5.97 Å². The summed E-state index contributed by atoms with van der Waals surface area (Å²) in [6, 6.07) is 0. The summed E-state index contributed by atoms with van der Waals surface area (Å²) in [5, 5.41) is 0. The molecule has 4 heteroatoms. The lowest BCUT2D eigenvalue weighted by Crippen LogP contribution is -2.15. The second-order valence-electron chi connectivity index (χ2n) is 2.86. The van der Waals surface area contributed by atoms with E-state index in [2.05, 4.69) is 0 Å². The Morgan fingerprint density at radius 3 is 3.09 bits per heavy atom. The molecule has 0 aromatic carbocycles. The van der Waals surface area contributed by atoms with Gasteiger partial charge in [0.2, 0.25) is 6.29 Å². The number of hydrogen-bond acceptors (Lipinski definition) is 4. The minimum atomic E-state index is -0.340. The molecule has 0 amide bonds. The van der Waals surface area contributed by atoms with E-state index in [1.807, 2.05) is 0 Å². The molecule has 0 aromatic heterocycles. The summed E-state index contributed by atoms with van der Waals surface area (Å²) in [6.45, 7) is 0. The lowest BCUT2D eigenvalue weighted by atomic mass is 10.1. The predicted octanol–water partition coefficient (Wildman–Crippen LogP) is 0.268. The van der Waals surface area contributed by atoms with Crippen LogP contribution in [0.4, 0.5) is 0 Å². The van der Waals surface area contributed by atoms with Crippen molar-refractivity contribution in [1.82, 2.24) is 0 Å². The van der Waals surface area contributed by atoms with Crippen molar-refractivity contribution in [2.75, 3.05) is 7.11 Å². The molecular formula is C7H10O4. The molecule has 2 aliphatic rings. The molecule has 62 valence electrons. The molecule has 0 spiro atoms. The third-order valence-electron chi connectivity index (χ3n) is 2.11. The molecule has 2 rings (SSSR count). The van der Waals surface area contributed by atoms with E-state index in [1.165, 1.54) is 0 Å². The van der Waals surface area contributed by atoms with Gasteiger partial charge in [0.15, 0.2) is 6.29 Å². The number of fused-ring (bicyclic) bond motifs is 1. The molecule has 0 aliphatic carbocycles. The second kappa shape index (κ2) is 2.46. The number of rotatable bonds is 1. The van der Waals surface area contributed by atoms with Gasteiger partial charge in [0.1, 0.15) is 0 Å². The molecule has 11 heavy (non-hydrogen) atoms. The highest BCUT2D eigenvalue weighted by Crippen LogP contribution is 2.35. The summed E-state index contributed by atoms with van der Waals surface area (Å²) >= 11 is 0. The van der Waals surface area contributed by atoms with Crippen LogP contribution in [0, 0.1) is 5.92 Å². The third-order valence-corrected chi connectivity index (χ3v) is 2.11. The normalized spacial score (nSPS) is 42.3. The SMILES string of the molecule is COC1C[C@@H]2CC(=O)O[C@@H]2O1. The zero-order chi connectivity index (χ0) is 7.84. The molecule has 0 aromatic rings. The maximum absolute atomic E-state index is 10.7. The van der Waals surface area contributed by atoms with Gasteiger partial charge in [0.05, 0.1) is 6.42 Å². The minimum Gasteiger partial charge on any atom is -0.435 e. The molecule has 2 fully saturated rings. The van der Waals surface area contributed by atoms with Gasteiger partial charge in [0, 0.05) is 19.4 Å². The van der Waals surface area contributed by atoms with Crippen LogP contribution >= 0.6 is 0 Å². The molecule has 0 bridgehead atoms. The van der Waals surface area contributed by atoms with E-state index in [1.54, 1.807) is 7.11 Å². The number of carbonyl (C=O) groups excluding carboxylic acids is 1. The first kappa shape index (κ1) is 7.06. The Hall–Kier alpha value is -0.610. The summed E-state index contributed by atoms with van der Waals surface area (Å²) in [4.78, 5) is 10.7. The van der Waals surface area contributed by atoms with Gasteiger partial charge in [-0.2, -0.15) is 0 Å². The Kier molecular flexibility index (Phi) is 1.58. The zero-order valence-electron chi connectivity index (χ0n) is 6.28. The molecule has 2 heterocycles. The lowest BCUT2D eigenvalue weighted by molar-refractivity contribution is -0.194. The zero-order valence-corrected chi connectivity index (χ0v) is 6.28. The molecule has 0 saturated carbocycles. The Labute approximate surface area is 64.4 Å². The first-order valence-corrected chi connectivity index (χ1v) is 3.67. The van der Waals surface area contributed by atoms with Crippen LogP contribution in [-0.4, -0.2) is 25.7 Å². The van der Waals surface area contributed by atoms with Crippen molar-refractivity contribution >= 4 is 5.97 Å². The average molecular weight is 158 g/mol. The summed E-state index contributed by atoms with van der Waals surface area (Å²) in [7, 11) is 1.59. The highest BCUT2D eigenvalue weighted by Gasteiger charge is 2.44. The van der Waals surface area contributed by atoms with Crippen LogP contribution in [0.15, 0.2) is 0 Å². The van der Waals surface area contributed by atoms with E-state index in [0.717, 1.165) is 6.42 Å². The van der Waals surface area contributed by atoms with Crippen molar-refractivity contribution in [2.45, 2.75) is 25.4 Å². The van der Waals surface area contributed by atoms with Gasteiger partial charge in [-0.1, -0.05) is 0 Å². The Bertz CT molecular complexity index is 163. The summed E-state index contributed by atoms with van der Waals surface area (Å²) in [5.41, 5.74) is 0. The molecule has 3 atom stereocenters. The summed E-state index contributed by atoms with van der Waals surface area (Å²) in [6.07, 6.45) is 0.725. The van der Waals surface area contributed by atoms with Crippen LogP contribution in [0.1, 0.15) is 12.8 Å². The van der Waals surface area contributed by atoms with E-state index >= 15 is 0 Å². The quantitative estimate of drug-likeness (QED) is 0.514. The van der Waals surface area contributed by atoms with Gasteiger partial charge < -0.3 is 14.2 Å². The molecule has 0 radical (unpaired) electrons. The Balaban J connectivity index is 1.98. The van der Waals surface area contributed by atoms with Gasteiger partial charge in [-0.25, -0.2) is 0 Å². The topological polar surface area (TPSA) is 44.8 Å². The second-order valence-corrected chi connectivity index (χ2v) is 2.86. The third kappa shape index (κ3) is 1.12. The standard InChI is InChI=1S/C7H10O4/c1-9-6-3-4-2-5(8)10-7(4)11-6/h4,6-7H,2-3H2,1H3/t4-,6?,7+/m0/s1. The predicted molar refractivity (Wildman–Crippen MR) is 34.5 cm³/mol. The highest BCUT2D eigenvalue weighted by atomic mass is 16.8. The smallest absolute Gasteiger partial charge is 0.308 e. The van der Waals surface area contributed by atoms with Gasteiger partial charge in [-0.05, 0) is 0 Å². The van der Waals surface area contributed by atoms with E-state index in [-0.39, 0.29) is 24.5 Å². The molecule has 4 nitrogen and oxygen atoms in total. The van der Waals surface area contributed by atoms with Crippen LogP contribution in [0.25, 0.3) is 0 Å². The largest absolute Gasteiger partial charge is 0.435 e. The molecule has 1 unspecified atom stereocenters. The minimum absolute atomic E-state index is 0.158. The van der Waals surface area contributed by atoms with Crippen molar-refractivity contribution in [3.8, 4) is 0 Å². The monoisotopic (exact) mass is 158 g/mol. The van der Waals surface area contributed by atoms with Crippen LogP contribution in [0.2, 0.25) is 0 Å². The Morgan fingerprint density at radius 1 is 1.64 bits per heavy atom. The van der Waals surface area contributed by atoms with Gasteiger partial charge in [0.25, 0.3) is 0 Å². The number of esters is 1. The van der Waals surface area contributed by atoms with Crippen LogP contribution in [-0.2, 0) is 19.0 Å². The fourth-order valence-corrected chi connectivity index (χ4v) is 1.52. The van der Waals surface area contributed by atoms with Gasteiger partial charge in [-0.15, -0.1) is 0 Å². The molecule has 2 aliphatic heterocycles.